The maximum atomic E-state index is 11.6. The zero-order valence-electron chi connectivity index (χ0n) is 11.5. The van der Waals surface area contributed by atoms with Crippen LogP contribution >= 0.6 is 0 Å². The van der Waals surface area contributed by atoms with Crippen molar-refractivity contribution >= 4 is 5.97 Å². The third kappa shape index (κ3) is 2.40. The van der Waals surface area contributed by atoms with Crippen LogP contribution in [-0.2, 0) is 14.9 Å². The number of benzene rings is 1. The SMILES string of the molecule is O=C(O)C1(c2ccc(OC3CCOC3)cc2)CCCC1. The summed E-state index contributed by atoms with van der Waals surface area (Å²) in [6.07, 6.45) is 4.49. The zero-order chi connectivity index (χ0) is 14.0. The van der Waals surface area contributed by atoms with Crippen molar-refractivity contribution in [3.63, 3.8) is 0 Å². The minimum atomic E-state index is -0.701. The number of hydrogen-bond donors (Lipinski definition) is 1. The Balaban J connectivity index is 1.76. The lowest BCUT2D eigenvalue weighted by molar-refractivity contribution is -0.143. The van der Waals surface area contributed by atoms with Crippen LogP contribution in [0.15, 0.2) is 24.3 Å². The number of carboxylic acid groups (broad SMARTS) is 1. The molecule has 1 atom stereocenters. The lowest BCUT2D eigenvalue weighted by Gasteiger charge is -2.24. The molecule has 2 fully saturated rings. The number of hydrogen-bond acceptors (Lipinski definition) is 3. The first-order chi connectivity index (χ1) is 9.71. The molecule has 0 amide bonds. The first kappa shape index (κ1) is 13.4. The van der Waals surface area contributed by atoms with Crippen LogP contribution in [0, 0.1) is 0 Å². The highest BCUT2D eigenvalue weighted by Crippen LogP contribution is 2.41. The number of carbonyl (C=O) groups is 1. The monoisotopic (exact) mass is 276 g/mol. The van der Waals surface area contributed by atoms with Crippen molar-refractivity contribution in [1.29, 1.82) is 0 Å². The largest absolute Gasteiger partial charge is 0.488 e. The Morgan fingerprint density at radius 2 is 1.95 bits per heavy atom. The van der Waals surface area contributed by atoms with E-state index in [1.807, 2.05) is 24.3 Å². The normalized spacial score (nSPS) is 24.7. The van der Waals surface area contributed by atoms with Crippen LogP contribution in [-0.4, -0.2) is 30.4 Å². The van der Waals surface area contributed by atoms with Crippen molar-refractivity contribution in [1.82, 2.24) is 0 Å². The van der Waals surface area contributed by atoms with E-state index in [2.05, 4.69) is 0 Å². The molecule has 1 saturated heterocycles. The van der Waals surface area contributed by atoms with Gasteiger partial charge in [-0.15, -0.1) is 0 Å². The Hall–Kier alpha value is -1.55. The molecule has 2 aliphatic rings. The van der Waals surface area contributed by atoms with Gasteiger partial charge in [0.05, 0.1) is 18.6 Å². The van der Waals surface area contributed by atoms with Gasteiger partial charge in [0.15, 0.2) is 0 Å². The minimum absolute atomic E-state index is 0.126. The first-order valence-corrected chi connectivity index (χ1v) is 7.29. The van der Waals surface area contributed by atoms with Crippen molar-refractivity contribution in [2.24, 2.45) is 0 Å². The van der Waals surface area contributed by atoms with Gasteiger partial charge in [-0.25, -0.2) is 0 Å². The molecule has 1 saturated carbocycles. The van der Waals surface area contributed by atoms with Crippen molar-refractivity contribution in [2.75, 3.05) is 13.2 Å². The predicted octanol–water partition coefficient (Wildman–Crippen LogP) is 2.75. The predicted molar refractivity (Wildman–Crippen MR) is 74.1 cm³/mol. The fourth-order valence-corrected chi connectivity index (χ4v) is 3.26. The van der Waals surface area contributed by atoms with Crippen LogP contribution in [0.25, 0.3) is 0 Å². The second kappa shape index (κ2) is 5.44. The third-order valence-corrected chi connectivity index (χ3v) is 4.46. The highest BCUT2D eigenvalue weighted by Gasteiger charge is 2.42. The van der Waals surface area contributed by atoms with E-state index in [0.717, 1.165) is 50.0 Å². The van der Waals surface area contributed by atoms with E-state index < -0.39 is 11.4 Å². The van der Waals surface area contributed by atoms with E-state index in [1.54, 1.807) is 0 Å². The van der Waals surface area contributed by atoms with Crippen LogP contribution in [0.4, 0.5) is 0 Å². The molecule has 3 rings (SSSR count). The van der Waals surface area contributed by atoms with Crippen molar-refractivity contribution in [3.05, 3.63) is 29.8 Å². The number of ether oxygens (including phenoxy) is 2. The molecule has 1 aromatic carbocycles. The van der Waals surface area contributed by atoms with Gasteiger partial charge in [0.2, 0.25) is 0 Å². The second-order valence-corrected chi connectivity index (χ2v) is 5.72. The van der Waals surface area contributed by atoms with Crippen molar-refractivity contribution < 1.29 is 19.4 Å². The van der Waals surface area contributed by atoms with E-state index >= 15 is 0 Å². The third-order valence-electron chi connectivity index (χ3n) is 4.46. The number of aliphatic carboxylic acids is 1. The Morgan fingerprint density at radius 1 is 1.25 bits per heavy atom. The van der Waals surface area contributed by atoms with E-state index in [0.29, 0.717) is 6.61 Å². The van der Waals surface area contributed by atoms with Gasteiger partial charge in [-0.2, -0.15) is 0 Å². The van der Waals surface area contributed by atoms with Gasteiger partial charge in [-0.05, 0) is 30.5 Å². The van der Waals surface area contributed by atoms with Crippen LogP contribution in [0.5, 0.6) is 5.75 Å². The lowest BCUT2D eigenvalue weighted by atomic mass is 9.79. The minimum Gasteiger partial charge on any atom is -0.488 e. The van der Waals surface area contributed by atoms with Gasteiger partial charge in [0.1, 0.15) is 11.9 Å². The lowest BCUT2D eigenvalue weighted by Crippen LogP contribution is -2.32. The Labute approximate surface area is 118 Å². The van der Waals surface area contributed by atoms with Crippen LogP contribution < -0.4 is 4.74 Å². The Kier molecular flexibility index (Phi) is 3.66. The standard InChI is InChI=1S/C16H20O4/c17-15(18)16(8-1-2-9-16)12-3-5-13(6-4-12)20-14-7-10-19-11-14/h3-6,14H,1-2,7-11H2,(H,17,18). The number of carboxylic acids is 1. The van der Waals surface area contributed by atoms with E-state index in [9.17, 15) is 9.90 Å². The Bertz CT molecular complexity index is 468. The van der Waals surface area contributed by atoms with Crippen LogP contribution in [0.3, 0.4) is 0 Å². The van der Waals surface area contributed by atoms with Crippen molar-refractivity contribution in [3.8, 4) is 5.75 Å². The van der Waals surface area contributed by atoms with Gasteiger partial charge >= 0.3 is 5.97 Å². The average Bonchev–Trinajstić information content (AvgIpc) is 3.10. The van der Waals surface area contributed by atoms with E-state index in [-0.39, 0.29) is 6.10 Å². The molecule has 0 bridgehead atoms. The summed E-state index contributed by atoms with van der Waals surface area (Å²) in [6, 6.07) is 7.59. The maximum Gasteiger partial charge on any atom is 0.314 e. The summed E-state index contributed by atoms with van der Waals surface area (Å²) in [5, 5.41) is 9.57. The summed E-state index contributed by atoms with van der Waals surface area (Å²) < 4.78 is 11.1. The molecule has 1 aliphatic carbocycles. The molecule has 4 nitrogen and oxygen atoms in total. The van der Waals surface area contributed by atoms with Gasteiger partial charge in [-0.3, -0.25) is 4.79 Å². The molecular weight excluding hydrogens is 256 g/mol. The molecule has 1 unspecified atom stereocenters. The van der Waals surface area contributed by atoms with Gasteiger partial charge in [0, 0.05) is 6.42 Å². The van der Waals surface area contributed by atoms with Gasteiger partial charge < -0.3 is 14.6 Å². The summed E-state index contributed by atoms with van der Waals surface area (Å²) in [6.45, 7) is 1.39. The molecule has 1 N–H and O–H groups in total. The van der Waals surface area contributed by atoms with Gasteiger partial charge in [0.25, 0.3) is 0 Å². The van der Waals surface area contributed by atoms with Gasteiger partial charge in [-0.1, -0.05) is 25.0 Å². The van der Waals surface area contributed by atoms with E-state index in [4.69, 9.17) is 9.47 Å². The topological polar surface area (TPSA) is 55.8 Å². The molecule has 1 aliphatic heterocycles. The molecule has 0 radical (unpaired) electrons. The molecular formula is C16H20O4. The summed E-state index contributed by atoms with van der Waals surface area (Å²) >= 11 is 0. The Morgan fingerprint density at radius 3 is 2.50 bits per heavy atom. The second-order valence-electron chi connectivity index (χ2n) is 5.72. The first-order valence-electron chi connectivity index (χ1n) is 7.29. The number of rotatable bonds is 4. The molecule has 1 aromatic rings. The molecule has 0 aromatic heterocycles. The quantitative estimate of drug-likeness (QED) is 0.918. The summed E-state index contributed by atoms with van der Waals surface area (Å²) in [5.41, 5.74) is 0.215. The van der Waals surface area contributed by atoms with Crippen LogP contribution in [0.2, 0.25) is 0 Å². The zero-order valence-corrected chi connectivity index (χ0v) is 11.5. The summed E-state index contributed by atoms with van der Waals surface area (Å²) in [4.78, 5) is 11.6. The molecule has 0 spiro atoms. The summed E-state index contributed by atoms with van der Waals surface area (Å²) in [7, 11) is 0. The maximum absolute atomic E-state index is 11.6. The van der Waals surface area contributed by atoms with Crippen molar-refractivity contribution in [2.45, 2.75) is 43.6 Å². The fraction of sp³-hybridized carbons (Fsp3) is 0.562. The highest BCUT2D eigenvalue weighted by molar-refractivity contribution is 5.81. The smallest absolute Gasteiger partial charge is 0.314 e. The molecule has 108 valence electrons. The molecule has 1 heterocycles. The summed E-state index contributed by atoms with van der Waals surface area (Å²) in [5.74, 6) is 0.0932. The van der Waals surface area contributed by atoms with E-state index in [1.165, 1.54) is 0 Å². The van der Waals surface area contributed by atoms with Crippen LogP contribution in [0.1, 0.15) is 37.7 Å². The molecule has 20 heavy (non-hydrogen) atoms. The fourth-order valence-electron chi connectivity index (χ4n) is 3.26. The average molecular weight is 276 g/mol. The molecule has 4 heteroatoms. The highest BCUT2D eigenvalue weighted by atomic mass is 16.5.